The summed E-state index contributed by atoms with van der Waals surface area (Å²) < 4.78 is 5.53. The van der Waals surface area contributed by atoms with Gasteiger partial charge in [0.25, 0.3) is 5.91 Å². The van der Waals surface area contributed by atoms with E-state index in [1.807, 2.05) is 48.5 Å². The molecule has 0 aliphatic heterocycles. The van der Waals surface area contributed by atoms with Gasteiger partial charge in [0.1, 0.15) is 5.75 Å². The number of hydrogen-bond donors (Lipinski definition) is 1. The molecular weight excluding hydrogens is 360 g/mol. The number of nitriles is 1. The summed E-state index contributed by atoms with van der Waals surface area (Å²) in [6.07, 6.45) is 0. The molecule has 0 aromatic heterocycles. The fourth-order valence-electron chi connectivity index (χ4n) is 2.48. The zero-order valence-electron chi connectivity index (χ0n) is 14.5. The number of nitrogens with zero attached hydrogens (tertiary/aromatic N) is 1. The van der Waals surface area contributed by atoms with Gasteiger partial charge in [0.2, 0.25) is 0 Å². The van der Waals surface area contributed by atoms with Crippen molar-refractivity contribution >= 4 is 17.5 Å². The molecule has 27 heavy (non-hydrogen) atoms. The molecular formula is C22H17ClN2O2. The Bertz CT molecular complexity index is 944. The summed E-state index contributed by atoms with van der Waals surface area (Å²) in [6.45, 7) is 0.376. The molecule has 4 nitrogen and oxygen atoms in total. The molecule has 3 aromatic carbocycles. The van der Waals surface area contributed by atoms with Crippen molar-refractivity contribution in [3.63, 3.8) is 0 Å². The maximum Gasteiger partial charge on any atom is 0.258 e. The van der Waals surface area contributed by atoms with E-state index in [4.69, 9.17) is 21.6 Å². The van der Waals surface area contributed by atoms with Crippen molar-refractivity contribution in [3.8, 4) is 22.9 Å². The number of rotatable bonds is 6. The summed E-state index contributed by atoms with van der Waals surface area (Å²) in [5.41, 5.74) is 3.63. The van der Waals surface area contributed by atoms with E-state index in [2.05, 4.69) is 11.4 Å². The Hall–Kier alpha value is -3.29. The van der Waals surface area contributed by atoms with Gasteiger partial charge < -0.3 is 10.1 Å². The zero-order valence-corrected chi connectivity index (χ0v) is 15.2. The maximum atomic E-state index is 11.9. The SMILES string of the molecule is N#Cc1ccc(-c2ccc(OCC(=O)NCc3ccc(Cl)cc3)cc2)cc1. The Morgan fingerprint density at radius 1 is 0.926 bits per heavy atom. The average molecular weight is 377 g/mol. The third-order valence-electron chi connectivity index (χ3n) is 3.97. The first kappa shape index (κ1) is 18.5. The Morgan fingerprint density at radius 3 is 2.11 bits per heavy atom. The molecule has 0 fully saturated rings. The summed E-state index contributed by atoms with van der Waals surface area (Å²) in [4.78, 5) is 11.9. The molecule has 0 aliphatic rings. The lowest BCUT2D eigenvalue weighted by molar-refractivity contribution is -0.123. The second-order valence-corrected chi connectivity index (χ2v) is 6.34. The van der Waals surface area contributed by atoms with Gasteiger partial charge in [0, 0.05) is 11.6 Å². The van der Waals surface area contributed by atoms with Crippen molar-refractivity contribution in [2.75, 3.05) is 6.61 Å². The van der Waals surface area contributed by atoms with Crippen LogP contribution in [0.4, 0.5) is 0 Å². The van der Waals surface area contributed by atoms with Crippen LogP contribution in [0.15, 0.2) is 72.8 Å². The summed E-state index contributed by atoms with van der Waals surface area (Å²) in [7, 11) is 0. The average Bonchev–Trinajstić information content (AvgIpc) is 2.72. The number of ether oxygens (including phenoxy) is 1. The molecule has 0 radical (unpaired) electrons. The molecule has 0 aliphatic carbocycles. The van der Waals surface area contributed by atoms with Crippen LogP contribution in [0, 0.1) is 11.3 Å². The molecule has 134 valence electrons. The largest absolute Gasteiger partial charge is 0.484 e. The smallest absolute Gasteiger partial charge is 0.258 e. The van der Waals surface area contributed by atoms with E-state index in [1.54, 1.807) is 24.3 Å². The number of amides is 1. The van der Waals surface area contributed by atoms with Gasteiger partial charge in [-0.15, -0.1) is 0 Å². The number of benzene rings is 3. The van der Waals surface area contributed by atoms with Crippen LogP contribution in [-0.2, 0) is 11.3 Å². The van der Waals surface area contributed by atoms with E-state index < -0.39 is 0 Å². The zero-order chi connectivity index (χ0) is 19.1. The van der Waals surface area contributed by atoms with E-state index in [-0.39, 0.29) is 12.5 Å². The second kappa shape index (κ2) is 8.88. The van der Waals surface area contributed by atoms with E-state index in [0.29, 0.717) is 22.9 Å². The van der Waals surface area contributed by atoms with E-state index in [1.165, 1.54) is 0 Å². The lowest BCUT2D eigenvalue weighted by Crippen LogP contribution is -2.28. The van der Waals surface area contributed by atoms with Crippen LogP contribution in [0.5, 0.6) is 5.75 Å². The number of halogens is 1. The Kier molecular flexibility index (Phi) is 6.09. The molecule has 0 saturated heterocycles. The minimum Gasteiger partial charge on any atom is -0.484 e. The molecule has 3 aromatic rings. The normalized spacial score (nSPS) is 10.1. The minimum atomic E-state index is -0.193. The summed E-state index contributed by atoms with van der Waals surface area (Å²) in [5, 5.41) is 12.3. The minimum absolute atomic E-state index is 0.0518. The van der Waals surface area contributed by atoms with Crippen LogP contribution in [0.2, 0.25) is 5.02 Å². The van der Waals surface area contributed by atoms with Gasteiger partial charge in [-0.3, -0.25) is 4.79 Å². The van der Waals surface area contributed by atoms with Crippen molar-refractivity contribution in [1.82, 2.24) is 5.32 Å². The van der Waals surface area contributed by atoms with Gasteiger partial charge in [-0.2, -0.15) is 5.26 Å². The fourth-order valence-corrected chi connectivity index (χ4v) is 2.61. The first-order chi connectivity index (χ1) is 13.1. The van der Waals surface area contributed by atoms with Gasteiger partial charge in [-0.1, -0.05) is 48.0 Å². The van der Waals surface area contributed by atoms with E-state index in [9.17, 15) is 4.79 Å². The van der Waals surface area contributed by atoms with E-state index >= 15 is 0 Å². The Labute approximate surface area is 163 Å². The van der Waals surface area contributed by atoms with Crippen LogP contribution in [-0.4, -0.2) is 12.5 Å². The van der Waals surface area contributed by atoms with Crippen molar-refractivity contribution in [2.24, 2.45) is 0 Å². The fraction of sp³-hybridized carbons (Fsp3) is 0.0909. The molecule has 0 spiro atoms. The van der Waals surface area contributed by atoms with Crippen LogP contribution in [0.1, 0.15) is 11.1 Å². The molecule has 0 bridgehead atoms. The lowest BCUT2D eigenvalue weighted by atomic mass is 10.0. The molecule has 0 heterocycles. The summed E-state index contributed by atoms with van der Waals surface area (Å²) in [5.74, 6) is 0.426. The predicted octanol–water partition coefficient (Wildman–Crippen LogP) is 4.57. The number of hydrogen-bond acceptors (Lipinski definition) is 3. The molecule has 1 amide bonds. The van der Waals surface area contributed by atoms with Crippen molar-refractivity contribution < 1.29 is 9.53 Å². The predicted molar refractivity (Wildman–Crippen MR) is 105 cm³/mol. The molecule has 3 rings (SSSR count). The number of carbonyl (C=O) groups excluding carboxylic acids is 1. The van der Waals surface area contributed by atoms with Crippen molar-refractivity contribution in [1.29, 1.82) is 5.26 Å². The quantitative estimate of drug-likeness (QED) is 0.685. The molecule has 5 heteroatoms. The molecule has 0 unspecified atom stereocenters. The van der Waals surface area contributed by atoms with Gasteiger partial charge in [0.05, 0.1) is 11.6 Å². The van der Waals surface area contributed by atoms with Crippen molar-refractivity contribution in [2.45, 2.75) is 6.54 Å². The topological polar surface area (TPSA) is 62.1 Å². The number of carbonyl (C=O) groups is 1. The standard InChI is InChI=1S/C22H17ClN2O2/c23-20-9-3-17(4-10-20)14-25-22(26)15-27-21-11-7-19(8-12-21)18-5-1-16(13-24)2-6-18/h1-12H,14-15H2,(H,25,26). The molecule has 0 atom stereocenters. The van der Waals surface area contributed by atoms with Crippen LogP contribution in [0.25, 0.3) is 11.1 Å². The number of nitrogens with one attached hydrogen (secondary N) is 1. The summed E-state index contributed by atoms with van der Waals surface area (Å²) in [6, 6.07) is 24.3. The van der Waals surface area contributed by atoms with Gasteiger partial charge in [-0.05, 0) is 53.1 Å². The Morgan fingerprint density at radius 2 is 1.52 bits per heavy atom. The second-order valence-electron chi connectivity index (χ2n) is 5.91. The third kappa shape index (κ3) is 5.34. The third-order valence-corrected chi connectivity index (χ3v) is 4.23. The highest BCUT2D eigenvalue weighted by Crippen LogP contribution is 2.22. The maximum absolute atomic E-state index is 11.9. The summed E-state index contributed by atoms with van der Waals surface area (Å²) >= 11 is 5.84. The molecule has 0 saturated carbocycles. The molecule has 1 N–H and O–H groups in total. The van der Waals surface area contributed by atoms with Crippen LogP contribution < -0.4 is 10.1 Å². The van der Waals surface area contributed by atoms with Crippen molar-refractivity contribution in [3.05, 3.63) is 88.9 Å². The Balaban J connectivity index is 1.49. The van der Waals surface area contributed by atoms with Gasteiger partial charge in [-0.25, -0.2) is 0 Å². The first-order valence-electron chi connectivity index (χ1n) is 8.38. The van der Waals surface area contributed by atoms with Crippen LogP contribution in [0.3, 0.4) is 0 Å². The highest BCUT2D eigenvalue weighted by Gasteiger charge is 2.04. The first-order valence-corrected chi connectivity index (χ1v) is 8.76. The van der Waals surface area contributed by atoms with Gasteiger partial charge in [0.15, 0.2) is 6.61 Å². The highest BCUT2D eigenvalue weighted by atomic mass is 35.5. The van der Waals surface area contributed by atoms with Gasteiger partial charge >= 0.3 is 0 Å². The lowest BCUT2D eigenvalue weighted by Gasteiger charge is -2.09. The van der Waals surface area contributed by atoms with E-state index in [0.717, 1.165) is 16.7 Å². The highest BCUT2D eigenvalue weighted by molar-refractivity contribution is 6.30. The van der Waals surface area contributed by atoms with Crippen LogP contribution >= 0.6 is 11.6 Å². The monoisotopic (exact) mass is 376 g/mol.